The number of carbonyl (C=O) groups excluding carboxylic acids is 1. The third-order valence-corrected chi connectivity index (χ3v) is 6.38. The number of carbonyl (C=O) groups is 1. The number of amides is 1. The first-order chi connectivity index (χ1) is 13.2. The first kappa shape index (κ1) is 20.8. The second-order valence-electron chi connectivity index (χ2n) is 7.05. The number of nitrogens with one attached hydrogen (secondary N) is 1. The first-order valence-corrected chi connectivity index (χ1v) is 11.3. The fourth-order valence-electron chi connectivity index (χ4n) is 3.21. The maximum atomic E-state index is 12.6. The van der Waals surface area contributed by atoms with E-state index in [1.54, 1.807) is 18.2 Å². The van der Waals surface area contributed by atoms with Gasteiger partial charge in [0.2, 0.25) is 10.0 Å². The number of sulfonamides is 1. The number of halogens is 1. The molecular weight excluding hydrogens is 398 g/mol. The summed E-state index contributed by atoms with van der Waals surface area (Å²) in [6.45, 7) is 4.92. The summed E-state index contributed by atoms with van der Waals surface area (Å²) in [5.41, 5.74) is 3.23. The standard InChI is InChI=1S/C20H24ClN3O3S/c1-15-6-7-18(21)13-19(15)22-20(25)17-5-3-4-16(12-17)14-23-8-10-24(11-9-23)28(2,26)27/h3-7,12-13H,8-11,14H2,1-2H3,(H,22,25). The van der Waals surface area contributed by atoms with Gasteiger partial charge in [-0.05, 0) is 42.3 Å². The molecule has 2 aromatic carbocycles. The Morgan fingerprint density at radius 2 is 1.82 bits per heavy atom. The SMILES string of the molecule is Cc1ccc(Cl)cc1NC(=O)c1cccc(CN2CCN(S(C)(=O)=O)CC2)c1. The molecule has 1 heterocycles. The third-order valence-electron chi connectivity index (χ3n) is 4.84. The van der Waals surface area contributed by atoms with Crippen molar-refractivity contribution in [2.24, 2.45) is 0 Å². The zero-order valence-electron chi connectivity index (χ0n) is 16.0. The van der Waals surface area contributed by atoms with Crippen molar-refractivity contribution in [1.29, 1.82) is 0 Å². The Bertz CT molecular complexity index is 970. The molecule has 0 aromatic heterocycles. The van der Waals surface area contributed by atoms with Crippen molar-refractivity contribution in [3.8, 4) is 0 Å². The highest BCUT2D eigenvalue weighted by Gasteiger charge is 2.23. The minimum absolute atomic E-state index is 0.186. The van der Waals surface area contributed by atoms with Crippen LogP contribution in [-0.2, 0) is 16.6 Å². The third kappa shape index (κ3) is 5.32. The molecule has 1 amide bonds. The molecule has 0 spiro atoms. The van der Waals surface area contributed by atoms with Crippen LogP contribution in [0.2, 0.25) is 5.02 Å². The van der Waals surface area contributed by atoms with Crippen LogP contribution in [0.5, 0.6) is 0 Å². The predicted octanol–water partition coefficient (Wildman–Crippen LogP) is 2.98. The van der Waals surface area contributed by atoms with Crippen molar-refractivity contribution in [3.05, 3.63) is 64.2 Å². The zero-order chi connectivity index (χ0) is 20.3. The van der Waals surface area contributed by atoms with E-state index >= 15 is 0 Å². The van der Waals surface area contributed by atoms with Gasteiger partial charge in [-0.2, -0.15) is 4.31 Å². The number of piperazine rings is 1. The number of rotatable bonds is 5. The second-order valence-corrected chi connectivity index (χ2v) is 9.47. The van der Waals surface area contributed by atoms with Crippen molar-refractivity contribution in [1.82, 2.24) is 9.21 Å². The number of anilines is 1. The van der Waals surface area contributed by atoms with E-state index in [-0.39, 0.29) is 5.91 Å². The molecule has 150 valence electrons. The van der Waals surface area contributed by atoms with Gasteiger partial charge >= 0.3 is 0 Å². The molecule has 1 N–H and O–H groups in total. The molecule has 28 heavy (non-hydrogen) atoms. The molecule has 0 unspecified atom stereocenters. The van der Waals surface area contributed by atoms with Gasteiger partial charge in [-0.3, -0.25) is 9.69 Å². The quantitative estimate of drug-likeness (QED) is 0.805. The highest BCUT2D eigenvalue weighted by molar-refractivity contribution is 7.88. The van der Waals surface area contributed by atoms with E-state index in [0.717, 1.165) is 11.1 Å². The lowest BCUT2D eigenvalue weighted by Crippen LogP contribution is -2.47. The summed E-state index contributed by atoms with van der Waals surface area (Å²) in [6.07, 6.45) is 1.24. The van der Waals surface area contributed by atoms with Crippen LogP contribution < -0.4 is 5.32 Å². The number of benzene rings is 2. The van der Waals surface area contributed by atoms with Crippen LogP contribution in [0, 0.1) is 6.92 Å². The van der Waals surface area contributed by atoms with Crippen molar-refractivity contribution >= 4 is 33.2 Å². The van der Waals surface area contributed by atoms with Crippen molar-refractivity contribution < 1.29 is 13.2 Å². The fourth-order valence-corrected chi connectivity index (χ4v) is 4.21. The van der Waals surface area contributed by atoms with E-state index < -0.39 is 10.0 Å². The topological polar surface area (TPSA) is 69.7 Å². The predicted molar refractivity (Wildman–Crippen MR) is 112 cm³/mol. The van der Waals surface area contributed by atoms with Gasteiger partial charge in [0.1, 0.15) is 0 Å². The highest BCUT2D eigenvalue weighted by atomic mass is 35.5. The van der Waals surface area contributed by atoms with Gasteiger partial charge in [0.05, 0.1) is 6.26 Å². The maximum Gasteiger partial charge on any atom is 0.255 e. The van der Waals surface area contributed by atoms with Crippen LogP contribution in [0.1, 0.15) is 21.5 Å². The van der Waals surface area contributed by atoms with Crippen LogP contribution in [0.4, 0.5) is 5.69 Å². The van der Waals surface area contributed by atoms with Crippen LogP contribution >= 0.6 is 11.6 Å². The summed E-state index contributed by atoms with van der Waals surface area (Å²) in [7, 11) is -3.13. The average Bonchev–Trinajstić information content (AvgIpc) is 2.64. The van der Waals surface area contributed by atoms with Gasteiger partial charge in [0.15, 0.2) is 0 Å². The highest BCUT2D eigenvalue weighted by Crippen LogP contribution is 2.21. The molecule has 1 aliphatic rings. The summed E-state index contributed by atoms with van der Waals surface area (Å²) >= 11 is 6.02. The molecule has 1 fully saturated rings. The van der Waals surface area contributed by atoms with Crippen molar-refractivity contribution in [2.75, 3.05) is 37.8 Å². The Kier molecular flexibility index (Phi) is 6.40. The first-order valence-electron chi connectivity index (χ1n) is 9.06. The Morgan fingerprint density at radius 1 is 1.11 bits per heavy atom. The van der Waals surface area contributed by atoms with E-state index in [1.165, 1.54) is 10.6 Å². The number of hydrogen-bond donors (Lipinski definition) is 1. The van der Waals surface area contributed by atoms with E-state index in [9.17, 15) is 13.2 Å². The van der Waals surface area contributed by atoms with Gasteiger partial charge in [-0.1, -0.05) is 29.8 Å². The van der Waals surface area contributed by atoms with Crippen LogP contribution in [-0.4, -0.2) is 56.0 Å². The maximum absolute atomic E-state index is 12.6. The molecule has 0 aliphatic carbocycles. The van der Waals surface area contributed by atoms with Gasteiger partial charge in [0, 0.05) is 49.0 Å². The lowest BCUT2D eigenvalue weighted by molar-refractivity contribution is 0.102. The van der Waals surface area contributed by atoms with Crippen LogP contribution in [0.15, 0.2) is 42.5 Å². The largest absolute Gasteiger partial charge is 0.322 e. The van der Waals surface area contributed by atoms with Gasteiger partial charge < -0.3 is 5.32 Å². The molecule has 0 saturated carbocycles. The molecule has 0 radical (unpaired) electrons. The molecular formula is C20H24ClN3O3S. The van der Waals surface area contributed by atoms with Crippen molar-refractivity contribution in [3.63, 3.8) is 0 Å². The Hall–Kier alpha value is -1.93. The number of aryl methyl sites for hydroxylation is 1. The van der Waals surface area contributed by atoms with E-state index in [2.05, 4.69) is 10.2 Å². The molecule has 0 atom stereocenters. The minimum atomic E-state index is -3.13. The number of nitrogens with zero attached hydrogens (tertiary/aromatic N) is 2. The minimum Gasteiger partial charge on any atom is -0.322 e. The summed E-state index contributed by atoms with van der Waals surface area (Å²) < 4.78 is 24.7. The fraction of sp³-hybridized carbons (Fsp3) is 0.350. The van der Waals surface area contributed by atoms with E-state index in [0.29, 0.717) is 49.0 Å². The second kappa shape index (κ2) is 8.61. The normalized spacial score (nSPS) is 16.1. The zero-order valence-corrected chi connectivity index (χ0v) is 17.6. The summed E-state index contributed by atoms with van der Waals surface area (Å²) in [6, 6.07) is 12.9. The van der Waals surface area contributed by atoms with Crippen LogP contribution in [0.3, 0.4) is 0 Å². The van der Waals surface area contributed by atoms with Crippen LogP contribution in [0.25, 0.3) is 0 Å². The van der Waals surface area contributed by atoms with E-state index in [4.69, 9.17) is 11.6 Å². The lowest BCUT2D eigenvalue weighted by atomic mass is 10.1. The molecule has 6 nitrogen and oxygen atoms in total. The average molecular weight is 422 g/mol. The Morgan fingerprint density at radius 3 is 2.50 bits per heavy atom. The molecule has 3 rings (SSSR count). The molecule has 0 bridgehead atoms. The van der Waals surface area contributed by atoms with Gasteiger partial charge in [-0.15, -0.1) is 0 Å². The van der Waals surface area contributed by atoms with Gasteiger partial charge in [-0.25, -0.2) is 8.42 Å². The summed E-state index contributed by atoms with van der Waals surface area (Å²) in [4.78, 5) is 14.8. The Labute approximate surface area is 171 Å². The monoisotopic (exact) mass is 421 g/mol. The molecule has 2 aromatic rings. The summed E-state index contributed by atoms with van der Waals surface area (Å²) in [5, 5.41) is 3.48. The molecule has 1 saturated heterocycles. The van der Waals surface area contributed by atoms with Gasteiger partial charge in [0.25, 0.3) is 5.91 Å². The lowest BCUT2D eigenvalue weighted by Gasteiger charge is -2.33. The molecule has 8 heteroatoms. The van der Waals surface area contributed by atoms with E-state index in [1.807, 2.05) is 31.2 Å². The smallest absolute Gasteiger partial charge is 0.255 e. The Balaban J connectivity index is 1.64. The van der Waals surface area contributed by atoms with Crippen molar-refractivity contribution in [2.45, 2.75) is 13.5 Å². The molecule has 1 aliphatic heterocycles. The number of hydrogen-bond acceptors (Lipinski definition) is 4. The summed E-state index contributed by atoms with van der Waals surface area (Å²) in [5.74, 6) is -0.186.